The molecule has 2 saturated heterocycles. The first kappa shape index (κ1) is 18.7. The quantitative estimate of drug-likeness (QED) is 0.818. The third-order valence-electron chi connectivity index (χ3n) is 6.39. The summed E-state index contributed by atoms with van der Waals surface area (Å²) in [5.74, 6) is 0.182. The number of nitrogens with zero attached hydrogens (tertiary/aromatic N) is 2. The maximum absolute atomic E-state index is 13.3. The van der Waals surface area contributed by atoms with Gasteiger partial charge in [-0.05, 0) is 37.3 Å². The van der Waals surface area contributed by atoms with Crippen molar-refractivity contribution in [3.63, 3.8) is 0 Å². The van der Waals surface area contributed by atoms with Gasteiger partial charge in [-0.25, -0.2) is 0 Å². The van der Waals surface area contributed by atoms with Gasteiger partial charge in [-0.3, -0.25) is 9.59 Å². The van der Waals surface area contributed by atoms with Crippen LogP contribution in [0.4, 0.5) is 0 Å². The van der Waals surface area contributed by atoms with Crippen molar-refractivity contribution in [1.29, 1.82) is 0 Å². The average Bonchev–Trinajstić information content (AvgIpc) is 3.19. The molecule has 0 aromatic heterocycles. The monoisotopic (exact) mass is 376 g/mol. The van der Waals surface area contributed by atoms with Crippen LogP contribution >= 0.6 is 0 Å². The summed E-state index contributed by atoms with van der Waals surface area (Å²) in [4.78, 5) is 29.2. The van der Waals surface area contributed by atoms with Crippen molar-refractivity contribution >= 4 is 11.8 Å². The Hall–Kier alpha value is -2.62. The summed E-state index contributed by atoms with van der Waals surface area (Å²) in [6, 6.07) is 20.7. The smallest absolute Gasteiger partial charge is 0.245 e. The highest BCUT2D eigenvalue weighted by atomic mass is 16.2. The average molecular weight is 377 g/mol. The maximum Gasteiger partial charge on any atom is 0.245 e. The SMILES string of the molecule is C[C@H](C(=O)N1CCCC(c2ccccc2)(c2ccccc2)C1)N1CCCC1=O. The van der Waals surface area contributed by atoms with Gasteiger partial charge in [0.2, 0.25) is 11.8 Å². The molecule has 4 rings (SSSR count). The normalized spacial score (nSPS) is 20.2. The van der Waals surface area contributed by atoms with E-state index in [2.05, 4.69) is 48.5 Å². The Morgan fingerprint density at radius 1 is 0.929 bits per heavy atom. The number of amides is 2. The standard InChI is InChI=1S/C24H28N2O2/c1-19(26-17-8-14-22(26)27)23(28)25-16-9-15-24(18-25,20-10-4-2-5-11-20)21-12-6-3-7-13-21/h2-7,10-13,19H,8-9,14-18H2,1H3/t19-/m1/s1. The molecule has 28 heavy (non-hydrogen) atoms. The Morgan fingerprint density at radius 3 is 2.07 bits per heavy atom. The Labute approximate surface area is 167 Å². The van der Waals surface area contributed by atoms with Crippen LogP contribution in [0.25, 0.3) is 0 Å². The van der Waals surface area contributed by atoms with Gasteiger partial charge in [0.1, 0.15) is 6.04 Å². The van der Waals surface area contributed by atoms with E-state index < -0.39 is 0 Å². The molecular weight excluding hydrogens is 348 g/mol. The zero-order valence-electron chi connectivity index (χ0n) is 16.5. The van der Waals surface area contributed by atoms with E-state index in [1.54, 1.807) is 4.90 Å². The van der Waals surface area contributed by atoms with Crippen LogP contribution in [0.1, 0.15) is 43.7 Å². The fourth-order valence-electron chi connectivity index (χ4n) is 4.87. The number of carbonyl (C=O) groups excluding carboxylic acids is 2. The summed E-state index contributed by atoms with van der Waals surface area (Å²) in [5, 5.41) is 0. The summed E-state index contributed by atoms with van der Waals surface area (Å²) < 4.78 is 0. The fourth-order valence-corrected chi connectivity index (χ4v) is 4.87. The van der Waals surface area contributed by atoms with Crippen LogP contribution in [0.15, 0.2) is 60.7 Å². The number of hydrogen-bond donors (Lipinski definition) is 0. The molecule has 4 nitrogen and oxygen atoms in total. The molecule has 1 atom stereocenters. The van der Waals surface area contributed by atoms with E-state index in [0.717, 1.165) is 25.8 Å². The third-order valence-corrected chi connectivity index (χ3v) is 6.39. The van der Waals surface area contributed by atoms with Gasteiger partial charge >= 0.3 is 0 Å². The molecule has 4 heteroatoms. The molecular formula is C24H28N2O2. The van der Waals surface area contributed by atoms with Gasteiger partial charge in [-0.1, -0.05) is 60.7 Å². The maximum atomic E-state index is 13.3. The van der Waals surface area contributed by atoms with Crippen LogP contribution in [0.5, 0.6) is 0 Å². The number of piperidine rings is 1. The number of carbonyl (C=O) groups is 2. The van der Waals surface area contributed by atoms with Crippen molar-refractivity contribution in [3.8, 4) is 0 Å². The summed E-state index contributed by atoms with van der Waals surface area (Å²) in [6.07, 6.45) is 3.39. The van der Waals surface area contributed by atoms with Crippen LogP contribution < -0.4 is 0 Å². The van der Waals surface area contributed by atoms with E-state index in [0.29, 0.717) is 19.5 Å². The van der Waals surface area contributed by atoms with E-state index in [-0.39, 0.29) is 23.3 Å². The Morgan fingerprint density at radius 2 is 1.54 bits per heavy atom. The predicted octanol–water partition coefficient (Wildman–Crippen LogP) is 3.61. The molecule has 2 aliphatic heterocycles. The van der Waals surface area contributed by atoms with Crippen molar-refractivity contribution in [1.82, 2.24) is 9.80 Å². The second-order valence-electron chi connectivity index (χ2n) is 8.04. The molecule has 2 aromatic carbocycles. The molecule has 146 valence electrons. The highest BCUT2D eigenvalue weighted by molar-refractivity contribution is 5.88. The summed E-state index contributed by atoms with van der Waals surface area (Å²) in [7, 11) is 0. The number of rotatable bonds is 4. The van der Waals surface area contributed by atoms with Gasteiger partial charge in [0, 0.05) is 31.5 Å². The minimum Gasteiger partial charge on any atom is -0.340 e. The van der Waals surface area contributed by atoms with Crippen molar-refractivity contribution in [3.05, 3.63) is 71.8 Å². The Balaban J connectivity index is 1.65. The van der Waals surface area contributed by atoms with Gasteiger partial charge in [0.15, 0.2) is 0 Å². The zero-order chi connectivity index (χ0) is 19.6. The van der Waals surface area contributed by atoms with E-state index >= 15 is 0 Å². The molecule has 0 bridgehead atoms. The highest BCUT2D eigenvalue weighted by Crippen LogP contribution is 2.40. The van der Waals surface area contributed by atoms with Crippen molar-refractivity contribution in [2.75, 3.05) is 19.6 Å². The van der Waals surface area contributed by atoms with Crippen molar-refractivity contribution in [2.24, 2.45) is 0 Å². The minimum atomic E-state index is -0.377. The molecule has 2 amide bonds. The third kappa shape index (κ3) is 3.32. The Kier molecular flexibility index (Phi) is 5.21. The predicted molar refractivity (Wildman–Crippen MR) is 110 cm³/mol. The number of likely N-dealkylation sites (tertiary alicyclic amines) is 2. The van der Waals surface area contributed by atoms with Crippen molar-refractivity contribution in [2.45, 2.75) is 44.1 Å². The van der Waals surface area contributed by atoms with Crippen LogP contribution in [0, 0.1) is 0 Å². The van der Waals surface area contributed by atoms with Gasteiger partial charge in [0.05, 0.1) is 0 Å². The van der Waals surface area contributed by atoms with E-state index in [1.165, 1.54) is 11.1 Å². The molecule has 2 aromatic rings. The number of hydrogen-bond acceptors (Lipinski definition) is 2. The van der Waals surface area contributed by atoms with Gasteiger partial charge < -0.3 is 9.80 Å². The van der Waals surface area contributed by atoms with Crippen LogP contribution in [0.2, 0.25) is 0 Å². The second kappa shape index (κ2) is 7.78. The zero-order valence-corrected chi connectivity index (χ0v) is 16.5. The topological polar surface area (TPSA) is 40.6 Å². The first-order valence-electron chi connectivity index (χ1n) is 10.3. The van der Waals surface area contributed by atoms with E-state index in [9.17, 15) is 9.59 Å². The largest absolute Gasteiger partial charge is 0.340 e. The molecule has 0 unspecified atom stereocenters. The molecule has 0 aliphatic carbocycles. The lowest BCUT2D eigenvalue weighted by Crippen LogP contribution is -2.54. The molecule has 2 fully saturated rings. The minimum absolute atomic E-state index is 0.0752. The summed E-state index contributed by atoms with van der Waals surface area (Å²) >= 11 is 0. The fraction of sp³-hybridized carbons (Fsp3) is 0.417. The van der Waals surface area contributed by atoms with Crippen LogP contribution in [0.3, 0.4) is 0 Å². The van der Waals surface area contributed by atoms with Crippen molar-refractivity contribution < 1.29 is 9.59 Å². The second-order valence-corrected chi connectivity index (χ2v) is 8.04. The lowest BCUT2D eigenvalue weighted by molar-refractivity contribution is -0.144. The highest BCUT2D eigenvalue weighted by Gasteiger charge is 2.42. The number of benzene rings is 2. The van der Waals surface area contributed by atoms with Gasteiger partial charge in [-0.2, -0.15) is 0 Å². The molecule has 0 saturated carbocycles. The lowest BCUT2D eigenvalue weighted by Gasteiger charge is -2.45. The lowest BCUT2D eigenvalue weighted by atomic mass is 9.69. The molecule has 2 aliphatic rings. The summed E-state index contributed by atoms with van der Waals surface area (Å²) in [6.45, 7) is 3.99. The first-order valence-corrected chi connectivity index (χ1v) is 10.3. The van der Waals surface area contributed by atoms with Crippen LogP contribution in [-0.2, 0) is 15.0 Å². The van der Waals surface area contributed by atoms with E-state index in [4.69, 9.17) is 0 Å². The molecule has 0 N–H and O–H groups in total. The van der Waals surface area contributed by atoms with Gasteiger partial charge in [0.25, 0.3) is 0 Å². The first-order chi connectivity index (χ1) is 13.6. The molecule has 0 spiro atoms. The van der Waals surface area contributed by atoms with Crippen LogP contribution in [-0.4, -0.2) is 47.3 Å². The van der Waals surface area contributed by atoms with E-state index in [1.807, 2.05) is 24.0 Å². The molecule has 2 heterocycles. The van der Waals surface area contributed by atoms with Gasteiger partial charge in [-0.15, -0.1) is 0 Å². The Bertz CT molecular complexity index is 795. The molecule has 0 radical (unpaired) electrons. The summed E-state index contributed by atoms with van der Waals surface area (Å²) in [5.41, 5.74) is 2.30.